The van der Waals surface area contributed by atoms with Crippen LogP contribution in [-0.4, -0.2) is 149 Å². The Morgan fingerprint density at radius 1 is 0.380 bits per heavy atom. The molecule has 12 heterocycles. The number of aromatic hydroxyl groups is 2. The van der Waals surface area contributed by atoms with E-state index in [1.807, 2.05) is 70.5 Å². The molecule has 670 valence electrons. The quantitative estimate of drug-likeness (QED) is 0.0523. The molecule has 4 aliphatic carbocycles. The van der Waals surface area contributed by atoms with Crippen molar-refractivity contribution in [2.75, 3.05) is 26.2 Å². The summed E-state index contributed by atoms with van der Waals surface area (Å²) < 4.78 is 60.8. The molecule has 9 aromatic rings. The lowest BCUT2D eigenvalue weighted by molar-refractivity contribution is 0.0408. The van der Waals surface area contributed by atoms with Gasteiger partial charge in [-0.05, 0) is 130 Å². The number of amides is 7. The Morgan fingerprint density at radius 3 is 0.969 bits per heavy atom. The number of ether oxygens (including phenoxy) is 2. The maximum atomic E-state index is 14.4. The lowest BCUT2D eigenvalue weighted by atomic mass is 9.79. The fourth-order valence-corrected chi connectivity index (χ4v) is 22.9. The summed E-state index contributed by atoms with van der Waals surface area (Å²) in [6.07, 6.45) is 21.1. The first-order valence-corrected chi connectivity index (χ1v) is 44.5. The molecule has 7 amide bonds. The molecule has 28 nitrogen and oxygen atoms in total. The van der Waals surface area contributed by atoms with E-state index in [4.69, 9.17) is 44.3 Å². The summed E-state index contributed by atoms with van der Waals surface area (Å²) in [6, 6.07) is 32.0. The first-order chi connectivity index (χ1) is 62.0. The Hall–Kier alpha value is -12.5. The number of aromatic carboxylic acids is 1. The van der Waals surface area contributed by atoms with Gasteiger partial charge in [-0.2, -0.15) is 0 Å². The van der Waals surface area contributed by atoms with E-state index in [1.54, 1.807) is 37.1 Å². The monoisotopic (exact) mass is 1820 g/mol. The number of nitrogens with one attached hydrogen (secondary N) is 3. The minimum atomic E-state index is -1.31. The summed E-state index contributed by atoms with van der Waals surface area (Å²) >= 11 is 17.4. The molecule has 8 bridgehead atoms. The molecule has 6 N–H and O–H groups in total. The summed E-state index contributed by atoms with van der Waals surface area (Å²) in [6.45, 7) is 4.19. The van der Waals surface area contributed by atoms with Crippen LogP contribution in [0.25, 0.3) is 0 Å². The molecule has 4 aromatic heterocycles. The normalized spacial score (nSPS) is 23.5. The Morgan fingerprint density at radius 2 is 0.659 bits per heavy atom. The van der Waals surface area contributed by atoms with Crippen molar-refractivity contribution in [3.05, 3.63) is 286 Å². The molecule has 8 aliphatic heterocycles. The molecule has 34 heteroatoms. The van der Waals surface area contributed by atoms with Crippen LogP contribution >= 0.6 is 34.8 Å². The second-order valence-electron chi connectivity index (χ2n) is 36.2. The van der Waals surface area contributed by atoms with Crippen molar-refractivity contribution < 1.29 is 76.3 Å². The van der Waals surface area contributed by atoms with Crippen molar-refractivity contribution in [3.8, 4) is 23.0 Å². The summed E-state index contributed by atoms with van der Waals surface area (Å²) in [5.41, 5.74) is -3.12. The minimum Gasteiger partial charge on any atom is -0.503 e. The lowest BCUT2D eigenvalue weighted by Crippen LogP contribution is -2.55. The number of halogens is 6. The molecule has 4 saturated heterocycles. The van der Waals surface area contributed by atoms with Gasteiger partial charge in [0.2, 0.25) is 21.7 Å². The molecular formula is C95H91Cl3F3N11O17. The van der Waals surface area contributed by atoms with Crippen LogP contribution in [0, 0.1) is 41.1 Å². The van der Waals surface area contributed by atoms with Crippen molar-refractivity contribution >= 4 is 82.1 Å². The zero-order valence-electron chi connectivity index (χ0n) is 70.0. The summed E-state index contributed by atoms with van der Waals surface area (Å²) in [4.78, 5) is 163. The van der Waals surface area contributed by atoms with Gasteiger partial charge < -0.3 is 78.6 Å². The molecule has 0 radical (unpaired) electrons. The summed E-state index contributed by atoms with van der Waals surface area (Å²) in [5, 5.41) is 38.0. The van der Waals surface area contributed by atoms with Gasteiger partial charge in [-0.15, -0.1) is 0 Å². The number of hydrogen-bond acceptors (Lipinski definition) is 16. The summed E-state index contributed by atoms with van der Waals surface area (Å²) in [7, 11) is 0. The Kier molecular flexibility index (Phi) is 23.3. The van der Waals surface area contributed by atoms with Gasteiger partial charge in [0.15, 0.2) is 45.8 Å². The predicted molar refractivity (Wildman–Crippen MR) is 465 cm³/mol. The number of rotatable bonds is 16. The maximum Gasteiger partial charge on any atom is 0.341 e. The first-order valence-electron chi connectivity index (χ1n) is 43.4. The van der Waals surface area contributed by atoms with E-state index in [2.05, 4.69) is 16.0 Å². The third kappa shape index (κ3) is 15.8. The smallest absolute Gasteiger partial charge is 0.341 e. The van der Waals surface area contributed by atoms with Crippen LogP contribution < -0.4 is 47.1 Å². The number of pyridine rings is 4. The highest BCUT2D eigenvalue weighted by molar-refractivity contribution is 6.31. The van der Waals surface area contributed by atoms with Gasteiger partial charge in [0.25, 0.3) is 41.4 Å². The second kappa shape index (κ2) is 34.5. The number of nitrogens with zero attached hydrogens (tertiary/aromatic N) is 8. The van der Waals surface area contributed by atoms with Crippen LogP contribution in [0.3, 0.4) is 0 Å². The molecule has 8 fully saturated rings. The number of carbonyl (C=O) groups excluding carboxylic acids is 7. The van der Waals surface area contributed by atoms with E-state index in [1.165, 1.54) is 70.3 Å². The summed E-state index contributed by atoms with van der Waals surface area (Å²) in [5.74, 6) is -6.54. The van der Waals surface area contributed by atoms with Crippen LogP contribution in [0.1, 0.15) is 214 Å². The topological polar surface area (TPSA) is 353 Å². The second-order valence-corrected chi connectivity index (χ2v) is 37.4. The zero-order chi connectivity index (χ0) is 90.4. The Balaban J connectivity index is 0.000000117. The van der Waals surface area contributed by atoms with Crippen molar-refractivity contribution in [3.63, 3.8) is 0 Å². The number of benzene rings is 5. The Bertz CT molecular complexity index is 6250. The van der Waals surface area contributed by atoms with Gasteiger partial charge in [-0.1, -0.05) is 158 Å². The third-order valence-electron chi connectivity index (χ3n) is 28.2. The fraction of sp³-hybridized carbons (Fsp3) is 0.389. The van der Waals surface area contributed by atoms with Crippen LogP contribution in [0.4, 0.5) is 13.2 Å². The fourth-order valence-electron chi connectivity index (χ4n) is 22.3. The molecule has 21 rings (SSSR count). The van der Waals surface area contributed by atoms with Gasteiger partial charge in [0.1, 0.15) is 52.9 Å². The lowest BCUT2D eigenvalue weighted by Gasteiger charge is -2.44. The van der Waals surface area contributed by atoms with E-state index < -0.39 is 74.4 Å². The van der Waals surface area contributed by atoms with E-state index >= 15 is 0 Å². The van der Waals surface area contributed by atoms with Gasteiger partial charge in [-0.25, -0.2) is 18.0 Å². The third-order valence-corrected chi connectivity index (χ3v) is 29.1. The van der Waals surface area contributed by atoms with Crippen molar-refractivity contribution in [1.29, 1.82) is 0 Å². The standard InChI is InChI=1S/C29H27ClFN3O4.2C22H21ClFN3O4.C22H22N2O5/c30-22-10-4-9-20(23(22)31)13-32-27(36)21-15-33-17-29-11-5-8-19(12-29)14-34(29)28(37)24(33)26(25(21)35)38-16-18-6-2-1-3-7-18;2*23-15-5-1-4-13(16(15)24)8-25-20(30)14-10-26-11-22-6-2-3-12(7-22)9-27(22)21(31)17(26)19(29)18(14)28;25-18-16(21(27)28)11-23-13-22-8-4-7-15(9-22)10-24(22)20(26)17(23)19(18)29-12-14-5-2-1-3-6-14/h1-4,6-7,9-10,15,19H,5,8,11-14,16-17H2,(H,32,36);2*1,4-5,10,12,29H,2-3,6-9,11H2,(H,25,30);1-3,5-6,11,15H,4,7-10,12-13H2,(H,27,28)/t19-,29+;2*12-,22+;15-,22+/m0000/s1. The van der Waals surface area contributed by atoms with Crippen molar-refractivity contribution in [2.45, 2.75) is 184 Å². The molecule has 4 saturated carbocycles. The highest BCUT2D eigenvalue weighted by Gasteiger charge is 2.59. The highest BCUT2D eigenvalue weighted by Crippen LogP contribution is 2.53. The van der Waals surface area contributed by atoms with Crippen LogP contribution in [0.2, 0.25) is 15.1 Å². The van der Waals surface area contributed by atoms with E-state index in [9.17, 15) is 86.0 Å². The number of hydrogen-bond donors (Lipinski definition) is 6. The molecule has 12 aliphatic rings. The first kappa shape index (κ1) is 87.2. The number of carboxylic acid groups (broad SMARTS) is 1. The largest absolute Gasteiger partial charge is 0.503 e. The Labute approximate surface area is 751 Å². The number of aromatic nitrogens is 4. The zero-order valence-corrected chi connectivity index (χ0v) is 72.3. The number of fused-ring (bicyclic) bond motifs is 8. The van der Waals surface area contributed by atoms with Crippen LogP contribution in [-0.2, 0) is 59.0 Å². The number of carboxylic acids is 1. The van der Waals surface area contributed by atoms with Crippen molar-refractivity contribution in [1.82, 2.24) is 53.8 Å². The molecular weight excluding hydrogens is 1730 g/mol. The minimum absolute atomic E-state index is 0.0492. The van der Waals surface area contributed by atoms with Gasteiger partial charge >= 0.3 is 5.97 Å². The van der Waals surface area contributed by atoms with E-state index in [0.29, 0.717) is 76.0 Å². The molecule has 0 unspecified atom stereocenters. The van der Waals surface area contributed by atoms with Crippen LogP contribution in [0.5, 0.6) is 23.0 Å². The average Bonchev–Trinajstić information content (AvgIpc) is 1.62. The molecule has 8 atom stereocenters. The predicted octanol–water partition coefficient (Wildman–Crippen LogP) is 12.4. The van der Waals surface area contributed by atoms with Crippen LogP contribution in [0.15, 0.2) is 159 Å². The molecule has 129 heavy (non-hydrogen) atoms. The molecule has 5 aromatic carbocycles. The van der Waals surface area contributed by atoms with Gasteiger partial charge in [0, 0.05) is 113 Å². The molecule has 4 spiro atoms. The van der Waals surface area contributed by atoms with E-state index in [0.717, 1.165) is 114 Å². The number of carbonyl (C=O) groups is 8. The highest BCUT2D eigenvalue weighted by atomic mass is 35.5. The van der Waals surface area contributed by atoms with Gasteiger partial charge in [-0.3, -0.25) is 52.7 Å². The van der Waals surface area contributed by atoms with Gasteiger partial charge in [0.05, 0.1) is 37.2 Å². The van der Waals surface area contributed by atoms with E-state index in [-0.39, 0.29) is 167 Å². The maximum absolute atomic E-state index is 14.4. The average molecular weight is 1820 g/mol. The SMILES string of the molecule is O=C(NCc1cccc(Cl)c1F)c1cn2c(c(O)c1=O)C(=O)N1C[C@H]3CCC[C@@]1(C3)C2.O=C(NCc1cccc(Cl)c1F)c1cn2c(c(O)c1=O)C(=O)N1C[C@H]3CCC[C@@]1(C3)C2.O=C(NCc1cccc(Cl)c1F)c1cn2c(c(OCc3ccccc3)c1=O)C(=O)N1C[C@H]3CCC[C@@]1(C3)C2.O=C(O)c1cn2c(c(OCc3ccccc3)c1=O)C(=O)N1C[C@H]3CCC[C@@]1(C3)C2. The van der Waals surface area contributed by atoms with Crippen molar-refractivity contribution in [2.24, 2.45) is 23.7 Å².